The molecular formula is C12H22F2O. The lowest BCUT2D eigenvalue weighted by atomic mass is 9.88. The largest absolute Gasteiger partial charge is 0.384 e. The van der Waals surface area contributed by atoms with Crippen molar-refractivity contribution in [2.24, 2.45) is 5.41 Å². The summed E-state index contributed by atoms with van der Waals surface area (Å²) in [4.78, 5) is 0. The van der Waals surface area contributed by atoms with Crippen LogP contribution in [0.2, 0.25) is 0 Å². The van der Waals surface area contributed by atoms with Gasteiger partial charge < -0.3 is 4.74 Å². The second kappa shape index (κ2) is 6.21. The minimum Gasteiger partial charge on any atom is -0.384 e. The summed E-state index contributed by atoms with van der Waals surface area (Å²) in [6.07, 6.45) is 5.14. The van der Waals surface area contributed by atoms with Crippen LogP contribution in [0.1, 0.15) is 40.0 Å². The van der Waals surface area contributed by atoms with Crippen molar-refractivity contribution in [3.8, 4) is 0 Å². The van der Waals surface area contributed by atoms with Gasteiger partial charge in [-0.3, -0.25) is 0 Å². The molecule has 1 nitrogen and oxygen atoms in total. The molecule has 0 rings (SSSR count). The molecule has 0 saturated heterocycles. The smallest absolute Gasteiger partial charge is 0.263 e. The average Bonchev–Trinajstić information content (AvgIpc) is 2.00. The maximum Gasteiger partial charge on any atom is 0.263 e. The van der Waals surface area contributed by atoms with E-state index < -0.39 is 5.92 Å². The van der Waals surface area contributed by atoms with Crippen molar-refractivity contribution in [2.45, 2.75) is 46.0 Å². The summed E-state index contributed by atoms with van der Waals surface area (Å²) in [5.41, 5.74) is 0.136. The third kappa shape index (κ3) is 9.85. The maximum atomic E-state index is 12.4. The molecule has 0 spiro atoms. The molecule has 0 saturated carbocycles. The maximum absolute atomic E-state index is 12.4. The van der Waals surface area contributed by atoms with Crippen molar-refractivity contribution in [2.75, 3.05) is 13.7 Å². The minimum atomic E-state index is -2.68. The molecule has 0 bridgehead atoms. The van der Waals surface area contributed by atoms with Crippen LogP contribution in [0.25, 0.3) is 0 Å². The summed E-state index contributed by atoms with van der Waals surface area (Å²) in [5.74, 6) is -2.68. The number of allylic oxidation sites excluding steroid dienone is 2. The Kier molecular flexibility index (Phi) is 6.03. The second-order valence-electron chi connectivity index (χ2n) is 4.85. The normalized spacial score (nSPS) is 13.7. The zero-order valence-corrected chi connectivity index (χ0v) is 10.1. The molecule has 0 atom stereocenters. The van der Waals surface area contributed by atoms with Gasteiger partial charge in [-0.2, -0.15) is 0 Å². The summed E-state index contributed by atoms with van der Waals surface area (Å²) < 4.78 is 29.9. The van der Waals surface area contributed by atoms with Gasteiger partial charge in [-0.15, -0.1) is 0 Å². The average molecular weight is 220 g/mol. The van der Waals surface area contributed by atoms with Crippen molar-refractivity contribution in [1.29, 1.82) is 0 Å². The first-order chi connectivity index (χ1) is 6.77. The summed E-state index contributed by atoms with van der Waals surface area (Å²) >= 11 is 0. The summed E-state index contributed by atoms with van der Waals surface area (Å²) in [6.45, 7) is 5.85. The second-order valence-corrected chi connectivity index (χ2v) is 4.85. The minimum absolute atomic E-state index is 0.136. The first-order valence-electron chi connectivity index (χ1n) is 5.31. The lowest BCUT2D eigenvalue weighted by Gasteiger charge is -2.22. The highest BCUT2D eigenvalue weighted by Crippen LogP contribution is 2.23. The number of hydrogen-bond donors (Lipinski definition) is 0. The number of rotatable bonds is 7. The number of methoxy groups -OCH3 is 1. The van der Waals surface area contributed by atoms with Gasteiger partial charge in [0, 0.05) is 14.0 Å². The first-order valence-corrected chi connectivity index (χ1v) is 5.31. The highest BCUT2D eigenvalue weighted by atomic mass is 19.3. The molecule has 0 unspecified atom stereocenters. The van der Waals surface area contributed by atoms with Crippen molar-refractivity contribution < 1.29 is 13.5 Å². The van der Waals surface area contributed by atoms with Gasteiger partial charge in [-0.25, -0.2) is 8.78 Å². The van der Waals surface area contributed by atoms with Crippen molar-refractivity contribution in [1.82, 2.24) is 0 Å². The zero-order valence-electron chi connectivity index (χ0n) is 10.1. The lowest BCUT2D eigenvalue weighted by molar-refractivity contribution is 0.0770. The number of unbranched alkanes of at least 4 members (excludes halogenated alkanes) is 1. The fourth-order valence-electron chi connectivity index (χ4n) is 1.45. The van der Waals surface area contributed by atoms with Gasteiger partial charge >= 0.3 is 0 Å². The van der Waals surface area contributed by atoms with E-state index in [1.54, 1.807) is 13.2 Å². The van der Waals surface area contributed by atoms with Crippen LogP contribution in [0.4, 0.5) is 8.78 Å². The fraction of sp³-hybridized carbons (Fsp3) is 0.833. The monoisotopic (exact) mass is 220 g/mol. The van der Waals surface area contributed by atoms with E-state index in [0.717, 1.165) is 25.8 Å². The highest BCUT2D eigenvalue weighted by molar-refractivity contribution is 4.91. The van der Waals surface area contributed by atoms with Gasteiger partial charge in [0.1, 0.15) is 0 Å². The van der Waals surface area contributed by atoms with Crippen LogP contribution in [0.15, 0.2) is 12.2 Å². The Bertz CT molecular complexity index is 192. The summed E-state index contributed by atoms with van der Waals surface area (Å²) in [7, 11) is 1.68. The van der Waals surface area contributed by atoms with Gasteiger partial charge in [0.05, 0.1) is 6.61 Å². The Balaban J connectivity index is 3.67. The van der Waals surface area contributed by atoms with Crippen LogP contribution in [-0.4, -0.2) is 19.6 Å². The highest BCUT2D eigenvalue weighted by Gasteiger charge is 2.17. The molecule has 0 fully saturated rings. The number of hydrogen-bond acceptors (Lipinski definition) is 1. The van der Waals surface area contributed by atoms with E-state index in [1.807, 2.05) is 0 Å². The predicted octanol–water partition coefficient (Wildman–Crippen LogP) is 4.04. The van der Waals surface area contributed by atoms with Gasteiger partial charge in [0.15, 0.2) is 0 Å². The molecule has 15 heavy (non-hydrogen) atoms. The van der Waals surface area contributed by atoms with Crippen LogP contribution in [0.3, 0.4) is 0 Å². The summed E-state index contributed by atoms with van der Waals surface area (Å²) in [5, 5.41) is 0. The van der Waals surface area contributed by atoms with E-state index >= 15 is 0 Å². The molecule has 0 aromatic carbocycles. The Morgan fingerprint density at radius 3 is 2.27 bits per heavy atom. The first kappa shape index (κ1) is 14.6. The molecule has 0 aliphatic carbocycles. The Labute approximate surface area is 91.5 Å². The quantitative estimate of drug-likeness (QED) is 0.464. The number of alkyl halides is 2. The number of halogens is 2. The molecule has 0 N–H and O–H groups in total. The molecule has 0 aromatic heterocycles. The third-order valence-electron chi connectivity index (χ3n) is 2.17. The van der Waals surface area contributed by atoms with E-state index in [4.69, 9.17) is 4.74 Å². The van der Waals surface area contributed by atoms with Crippen LogP contribution < -0.4 is 0 Å². The van der Waals surface area contributed by atoms with Crippen LogP contribution in [0, 0.1) is 5.41 Å². The Morgan fingerprint density at radius 2 is 1.80 bits per heavy atom. The molecule has 0 heterocycles. The molecule has 3 heteroatoms. The SMILES string of the molecule is COCC(C)(C)CCC/C=C/C(C)(F)F. The standard InChI is InChI=1S/C12H22F2O/c1-11(2,10-15-4)8-6-5-7-9-12(3,13)14/h7,9H,5-6,8,10H2,1-4H3/b9-7+. The Morgan fingerprint density at radius 1 is 1.20 bits per heavy atom. The van der Waals surface area contributed by atoms with Crippen molar-refractivity contribution in [3.05, 3.63) is 12.2 Å². The van der Waals surface area contributed by atoms with E-state index in [9.17, 15) is 8.78 Å². The van der Waals surface area contributed by atoms with Crippen LogP contribution in [0.5, 0.6) is 0 Å². The van der Waals surface area contributed by atoms with E-state index in [1.165, 1.54) is 0 Å². The topological polar surface area (TPSA) is 9.23 Å². The van der Waals surface area contributed by atoms with Gasteiger partial charge in [0.25, 0.3) is 5.92 Å². The zero-order chi connectivity index (χ0) is 11.9. The summed E-state index contributed by atoms with van der Waals surface area (Å²) in [6, 6.07) is 0. The fourth-order valence-corrected chi connectivity index (χ4v) is 1.45. The Hall–Kier alpha value is -0.440. The van der Waals surface area contributed by atoms with Crippen molar-refractivity contribution >= 4 is 0 Å². The van der Waals surface area contributed by atoms with E-state index in [-0.39, 0.29) is 5.41 Å². The van der Waals surface area contributed by atoms with Crippen LogP contribution >= 0.6 is 0 Å². The van der Waals surface area contributed by atoms with Crippen LogP contribution in [-0.2, 0) is 4.74 Å². The third-order valence-corrected chi connectivity index (χ3v) is 2.17. The molecule has 0 aromatic rings. The molecular weight excluding hydrogens is 198 g/mol. The van der Waals surface area contributed by atoms with Gasteiger partial charge in [-0.1, -0.05) is 19.9 Å². The lowest BCUT2D eigenvalue weighted by Crippen LogP contribution is -2.17. The molecule has 0 radical (unpaired) electrons. The van der Waals surface area contributed by atoms with E-state index in [0.29, 0.717) is 13.0 Å². The van der Waals surface area contributed by atoms with Gasteiger partial charge in [-0.05, 0) is 30.8 Å². The molecule has 0 amide bonds. The van der Waals surface area contributed by atoms with Crippen molar-refractivity contribution in [3.63, 3.8) is 0 Å². The predicted molar refractivity (Wildman–Crippen MR) is 59.3 cm³/mol. The van der Waals surface area contributed by atoms with E-state index in [2.05, 4.69) is 13.8 Å². The molecule has 0 aliphatic heterocycles. The molecule has 0 aliphatic rings. The molecule has 90 valence electrons. The van der Waals surface area contributed by atoms with Gasteiger partial charge in [0.2, 0.25) is 0 Å². The number of ether oxygens (including phenoxy) is 1.